The average molecular weight is 504 g/mol. The normalized spacial score (nSPS) is 11.3. The van der Waals surface area contributed by atoms with Crippen molar-refractivity contribution in [2.75, 3.05) is 12.3 Å². The molecular formula is C25H19Cl2N7O. The van der Waals surface area contributed by atoms with E-state index in [2.05, 4.69) is 11.2 Å². The summed E-state index contributed by atoms with van der Waals surface area (Å²) in [5.41, 5.74) is 9.36. The van der Waals surface area contributed by atoms with Gasteiger partial charge in [0.05, 0.1) is 31.0 Å². The van der Waals surface area contributed by atoms with Crippen LogP contribution in [0.4, 0.5) is 5.82 Å². The first-order chi connectivity index (χ1) is 16.9. The SMILES string of the molecule is N#C/C(=C/c1cn(Cc2ccc(Cl)cc2Cl)nc1-c1ccccc1)c1nn(CCO)c(N)c1C#N. The molecule has 0 bridgehead atoms. The zero-order chi connectivity index (χ0) is 24.9. The highest BCUT2D eigenvalue weighted by Crippen LogP contribution is 2.30. The lowest BCUT2D eigenvalue weighted by atomic mass is 10.0. The van der Waals surface area contributed by atoms with Gasteiger partial charge in [-0.05, 0) is 23.8 Å². The van der Waals surface area contributed by atoms with Crippen LogP contribution in [0.25, 0.3) is 22.9 Å². The maximum absolute atomic E-state index is 9.93. The number of nitrogens with zero attached hydrogens (tertiary/aromatic N) is 6. The van der Waals surface area contributed by atoms with Crippen molar-refractivity contribution in [2.45, 2.75) is 13.1 Å². The third kappa shape index (κ3) is 5.06. The number of aliphatic hydroxyl groups is 1. The first-order valence-electron chi connectivity index (χ1n) is 10.5. The van der Waals surface area contributed by atoms with Crippen LogP contribution in [0.1, 0.15) is 22.4 Å². The van der Waals surface area contributed by atoms with Crippen molar-refractivity contribution >= 4 is 40.7 Å². The van der Waals surface area contributed by atoms with Crippen LogP contribution in [0.3, 0.4) is 0 Å². The number of anilines is 1. The molecule has 0 radical (unpaired) electrons. The van der Waals surface area contributed by atoms with Gasteiger partial charge in [-0.3, -0.25) is 4.68 Å². The second kappa shape index (κ2) is 10.5. The highest BCUT2D eigenvalue weighted by Gasteiger charge is 2.20. The number of rotatable bonds is 7. The molecule has 2 aromatic heterocycles. The lowest BCUT2D eigenvalue weighted by molar-refractivity contribution is 0.270. The first kappa shape index (κ1) is 24.1. The molecule has 3 N–H and O–H groups in total. The highest BCUT2D eigenvalue weighted by atomic mass is 35.5. The Labute approximate surface area is 211 Å². The molecule has 0 aliphatic rings. The number of aromatic nitrogens is 4. The number of benzene rings is 2. The van der Waals surface area contributed by atoms with Gasteiger partial charge in [-0.15, -0.1) is 0 Å². The maximum atomic E-state index is 9.93. The van der Waals surface area contributed by atoms with Crippen LogP contribution in [-0.2, 0) is 13.1 Å². The zero-order valence-electron chi connectivity index (χ0n) is 18.4. The number of nitriles is 2. The smallest absolute Gasteiger partial charge is 0.140 e. The van der Waals surface area contributed by atoms with Crippen molar-refractivity contribution in [1.29, 1.82) is 10.5 Å². The Hall–Kier alpha value is -4.08. The molecule has 8 nitrogen and oxygen atoms in total. The van der Waals surface area contributed by atoms with Crippen LogP contribution >= 0.6 is 23.2 Å². The molecule has 0 saturated carbocycles. The standard InChI is InChI=1S/C25H19Cl2N7O/c26-20-7-6-17(22(27)11-20)14-33-15-19(23(31-33)16-4-2-1-3-5-16)10-18(12-28)24-21(13-29)25(30)34(32-24)8-9-35/h1-7,10-11,15,35H,8-9,14,30H2/b18-10-. The highest BCUT2D eigenvalue weighted by molar-refractivity contribution is 6.35. The molecule has 0 amide bonds. The molecule has 10 heteroatoms. The fraction of sp³-hybridized carbons (Fsp3) is 0.120. The van der Waals surface area contributed by atoms with Gasteiger partial charge in [-0.2, -0.15) is 20.7 Å². The Morgan fingerprint density at radius 2 is 1.89 bits per heavy atom. The monoisotopic (exact) mass is 503 g/mol. The fourth-order valence-electron chi connectivity index (χ4n) is 3.62. The van der Waals surface area contributed by atoms with E-state index in [4.69, 9.17) is 34.0 Å². The summed E-state index contributed by atoms with van der Waals surface area (Å²) < 4.78 is 3.03. The molecule has 4 aromatic rings. The molecular weight excluding hydrogens is 485 g/mol. The number of nitrogen functional groups attached to an aromatic ring is 1. The van der Waals surface area contributed by atoms with Crippen LogP contribution < -0.4 is 5.73 Å². The summed E-state index contributed by atoms with van der Waals surface area (Å²) in [5.74, 6) is 0.0917. The lowest BCUT2D eigenvalue weighted by Crippen LogP contribution is -2.07. The second-order valence-corrected chi connectivity index (χ2v) is 8.41. The van der Waals surface area contributed by atoms with Gasteiger partial charge >= 0.3 is 0 Å². The number of hydrogen-bond acceptors (Lipinski definition) is 6. The summed E-state index contributed by atoms with van der Waals surface area (Å²) in [7, 11) is 0. The van der Waals surface area contributed by atoms with Crippen LogP contribution in [0.5, 0.6) is 0 Å². The van der Waals surface area contributed by atoms with Crippen LogP contribution in [0, 0.1) is 22.7 Å². The van der Waals surface area contributed by atoms with Crippen molar-refractivity contribution in [3.05, 3.63) is 87.2 Å². The van der Waals surface area contributed by atoms with Gasteiger partial charge in [0.1, 0.15) is 29.2 Å². The maximum Gasteiger partial charge on any atom is 0.140 e. The minimum absolute atomic E-state index is 0.0767. The minimum atomic E-state index is -0.208. The third-order valence-electron chi connectivity index (χ3n) is 5.28. The molecule has 0 atom stereocenters. The van der Waals surface area contributed by atoms with Gasteiger partial charge in [0, 0.05) is 27.4 Å². The molecule has 174 valence electrons. The lowest BCUT2D eigenvalue weighted by Gasteiger charge is -2.05. The Bertz CT molecular complexity index is 1490. The van der Waals surface area contributed by atoms with E-state index in [0.29, 0.717) is 27.8 Å². The molecule has 4 rings (SSSR count). The van der Waals surface area contributed by atoms with E-state index >= 15 is 0 Å². The van der Waals surface area contributed by atoms with Crippen molar-refractivity contribution in [3.8, 4) is 23.4 Å². The van der Waals surface area contributed by atoms with E-state index < -0.39 is 0 Å². The summed E-state index contributed by atoms with van der Waals surface area (Å²) in [4.78, 5) is 0. The molecule has 2 aromatic carbocycles. The van der Waals surface area contributed by atoms with Crippen molar-refractivity contribution in [1.82, 2.24) is 19.6 Å². The number of hydrogen-bond donors (Lipinski definition) is 2. The minimum Gasteiger partial charge on any atom is -0.394 e. The Morgan fingerprint density at radius 3 is 2.54 bits per heavy atom. The summed E-state index contributed by atoms with van der Waals surface area (Å²) in [5, 5.41) is 38.9. The van der Waals surface area contributed by atoms with E-state index in [-0.39, 0.29) is 35.8 Å². The van der Waals surface area contributed by atoms with E-state index in [1.165, 1.54) is 4.68 Å². The van der Waals surface area contributed by atoms with E-state index in [1.807, 2.05) is 42.5 Å². The van der Waals surface area contributed by atoms with Crippen LogP contribution in [-0.4, -0.2) is 31.3 Å². The summed E-state index contributed by atoms with van der Waals surface area (Å²) in [6.07, 6.45) is 3.42. The Kier molecular flexibility index (Phi) is 7.19. The molecule has 2 heterocycles. The van der Waals surface area contributed by atoms with Crippen LogP contribution in [0.2, 0.25) is 10.0 Å². The van der Waals surface area contributed by atoms with Gasteiger partial charge in [-0.25, -0.2) is 4.68 Å². The third-order valence-corrected chi connectivity index (χ3v) is 5.86. The zero-order valence-corrected chi connectivity index (χ0v) is 19.9. The molecule has 0 unspecified atom stereocenters. The van der Waals surface area contributed by atoms with Gasteiger partial charge in [-0.1, -0.05) is 59.6 Å². The molecule has 0 aliphatic heterocycles. The predicted molar refractivity (Wildman–Crippen MR) is 135 cm³/mol. The molecule has 0 spiro atoms. The van der Waals surface area contributed by atoms with E-state index in [0.717, 1.165) is 11.1 Å². The topological polar surface area (TPSA) is 129 Å². The van der Waals surface area contributed by atoms with Gasteiger partial charge < -0.3 is 10.8 Å². The second-order valence-electron chi connectivity index (χ2n) is 7.57. The predicted octanol–water partition coefficient (Wildman–Crippen LogP) is 4.61. The Balaban J connectivity index is 1.83. The number of aliphatic hydroxyl groups excluding tert-OH is 1. The largest absolute Gasteiger partial charge is 0.394 e. The summed E-state index contributed by atoms with van der Waals surface area (Å²) >= 11 is 12.4. The van der Waals surface area contributed by atoms with Crippen LogP contribution in [0.15, 0.2) is 54.7 Å². The molecule has 0 fully saturated rings. The van der Waals surface area contributed by atoms with Crippen molar-refractivity contribution in [2.24, 2.45) is 0 Å². The van der Waals surface area contributed by atoms with Crippen molar-refractivity contribution in [3.63, 3.8) is 0 Å². The summed E-state index contributed by atoms with van der Waals surface area (Å²) in [6, 6.07) is 18.9. The molecule has 0 saturated heterocycles. The number of allylic oxidation sites excluding steroid dienone is 1. The average Bonchev–Trinajstić information content (AvgIpc) is 3.40. The molecule has 35 heavy (non-hydrogen) atoms. The van der Waals surface area contributed by atoms with E-state index in [9.17, 15) is 15.6 Å². The quantitative estimate of drug-likeness (QED) is 0.354. The number of halogens is 2. The van der Waals surface area contributed by atoms with Gasteiger partial charge in [0.25, 0.3) is 0 Å². The fourth-order valence-corrected chi connectivity index (χ4v) is 4.08. The van der Waals surface area contributed by atoms with Gasteiger partial charge in [0.15, 0.2) is 0 Å². The first-order valence-corrected chi connectivity index (χ1v) is 11.3. The van der Waals surface area contributed by atoms with E-state index in [1.54, 1.807) is 29.1 Å². The van der Waals surface area contributed by atoms with Crippen molar-refractivity contribution < 1.29 is 5.11 Å². The number of nitrogens with two attached hydrogens (primary N) is 1. The Morgan fingerprint density at radius 1 is 1.11 bits per heavy atom. The molecule has 0 aliphatic carbocycles. The van der Waals surface area contributed by atoms with Gasteiger partial charge in [0.2, 0.25) is 0 Å². The summed E-state index contributed by atoms with van der Waals surface area (Å²) in [6.45, 7) is 0.279.